The standard InChI is InChI=1S/C21H22N6O6S2/c1-5-26(4)15-6-8-18(13(2)10-15)23-24-21-17(12-22)14(3)25-27(21)19-11-16(35(29,30)31)7-9-20(19)34-33-32-28/h6-11,28H,5H2,1-4H3,(H,29,30,31). The van der Waals surface area contributed by atoms with E-state index in [1.165, 1.54) is 10.7 Å². The lowest BCUT2D eigenvalue weighted by atomic mass is 10.1. The average Bonchev–Trinajstić information content (AvgIpc) is 3.15. The highest BCUT2D eigenvalue weighted by molar-refractivity contribution is 7.94. The number of nitriles is 1. The molecule has 35 heavy (non-hydrogen) atoms. The lowest BCUT2D eigenvalue weighted by Crippen LogP contribution is -2.15. The van der Waals surface area contributed by atoms with Crippen LogP contribution in [-0.4, -0.2) is 41.6 Å². The monoisotopic (exact) mass is 518 g/mol. The Morgan fingerprint density at radius 2 is 1.97 bits per heavy atom. The first-order valence-corrected chi connectivity index (χ1v) is 12.3. The van der Waals surface area contributed by atoms with Crippen LogP contribution in [0.5, 0.6) is 0 Å². The molecular weight excluding hydrogens is 496 g/mol. The minimum absolute atomic E-state index is 0.0263. The van der Waals surface area contributed by atoms with E-state index in [2.05, 4.69) is 29.6 Å². The molecule has 0 radical (unpaired) electrons. The third kappa shape index (κ3) is 5.85. The lowest BCUT2D eigenvalue weighted by molar-refractivity contribution is -0.432. The number of anilines is 1. The molecule has 0 bridgehead atoms. The summed E-state index contributed by atoms with van der Waals surface area (Å²) in [5.74, 6) is 0.0263. The Kier molecular flexibility index (Phi) is 8.22. The van der Waals surface area contributed by atoms with Crippen LogP contribution >= 0.6 is 12.0 Å². The quantitative estimate of drug-likeness (QED) is 0.131. The van der Waals surface area contributed by atoms with E-state index in [4.69, 9.17) is 5.26 Å². The van der Waals surface area contributed by atoms with Gasteiger partial charge in [-0.25, -0.2) is 9.94 Å². The zero-order valence-electron chi connectivity index (χ0n) is 19.2. The summed E-state index contributed by atoms with van der Waals surface area (Å²) >= 11 is 0.547. The lowest BCUT2D eigenvalue weighted by Gasteiger charge is -2.17. The van der Waals surface area contributed by atoms with Crippen LogP contribution in [0.4, 0.5) is 17.2 Å². The van der Waals surface area contributed by atoms with E-state index >= 15 is 0 Å². The largest absolute Gasteiger partial charge is 0.375 e. The van der Waals surface area contributed by atoms with Crippen molar-refractivity contribution in [2.24, 2.45) is 10.2 Å². The topological polar surface area (TPSA) is 163 Å². The summed E-state index contributed by atoms with van der Waals surface area (Å²) in [5, 5.41) is 34.7. The van der Waals surface area contributed by atoms with Crippen LogP contribution in [0.1, 0.15) is 23.7 Å². The van der Waals surface area contributed by atoms with E-state index in [-0.39, 0.29) is 22.0 Å². The molecule has 2 N–H and O–H groups in total. The first kappa shape index (κ1) is 26.3. The summed E-state index contributed by atoms with van der Waals surface area (Å²) < 4.78 is 38.6. The molecule has 0 saturated heterocycles. The van der Waals surface area contributed by atoms with Crippen LogP contribution < -0.4 is 4.90 Å². The fourth-order valence-electron chi connectivity index (χ4n) is 3.12. The molecule has 0 aliphatic rings. The zero-order valence-corrected chi connectivity index (χ0v) is 20.8. The third-order valence-corrected chi connectivity index (χ3v) is 6.61. The Morgan fingerprint density at radius 3 is 2.57 bits per heavy atom. The molecule has 0 amide bonds. The second-order valence-electron chi connectivity index (χ2n) is 7.32. The van der Waals surface area contributed by atoms with Crippen molar-refractivity contribution in [2.45, 2.75) is 30.6 Å². The fourth-order valence-corrected chi connectivity index (χ4v) is 4.08. The van der Waals surface area contributed by atoms with Crippen molar-refractivity contribution >= 4 is 39.4 Å². The van der Waals surface area contributed by atoms with Crippen molar-refractivity contribution in [1.82, 2.24) is 9.78 Å². The summed E-state index contributed by atoms with van der Waals surface area (Å²) in [5.41, 5.74) is 2.93. The second kappa shape index (κ2) is 11.0. The number of nitrogens with zero attached hydrogens (tertiary/aromatic N) is 6. The van der Waals surface area contributed by atoms with Crippen molar-refractivity contribution < 1.29 is 27.6 Å². The fraction of sp³-hybridized carbons (Fsp3) is 0.238. The number of aromatic nitrogens is 2. The van der Waals surface area contributed by atoms with Gasteiger partial charge in [0.1, 0.15) is 11.6 Å². The van der Waals surface area contributed by atoms with Gasteiger partial charge in [0.2, 0.25) is 0 Å². The van der Waals surface area contributed by atoms with Gasteiger partial charge in [0.15, 0.2) is 5.82 Å². The number of azo groups is 1. The van der Waals surface area contributed by atoms with Crippen LogP contribution in [0.3, 0.4) is 0 Å². The van der Waals surface area contributed by atoms with E-state index in [0.29, 0.717) is 23.4 Å². The molecule has 14 heteroatoms. The van der Waals surface area contributed by atoms with Gasteiger partial charge in [-0.1, -0.05) is 5.04 Å². The van der Waals surface area contributed by atoms with Crippen molar-refractivity contribution in [2.75, 3.05) is 18.5 Å². The second-order valence-corrected chi connectivity index (χ2v) is 9.49. The van der Waals surface area contributed by atoms with Crippen LogP contribution in [-0.2, 0) is 19.5 Å². The van der Waals surface area contributed by atoms with Crippen LogP contribution in [0.2, 0.25) is 0 Å². The molecule has 1 heterocycles. The smallest absolute Gasteiger partial charge is 0.294 e. The molecule has 1 aromatic heterocycles. The van der Waals surface area contributed by atoms with Crippen molar-refractivity contribution in [3.63, 3.8) is 0 Å². The highest BCUT2D eigenvalue weighted by Crippen LogP contribution is 2.35. The maximum absolute atomic E-state index is 11.7. The van der Waals surface area contributed by atoms with E-state index in [9.17, 15) is 18.2 Å². The molecule has 0 spiro atoms. The molecule has 0 aliphatic heterocycles. The molecule has 3 rings (SSSR count). The highest BCUT2D eigenvalue weighted by Gasteiger charge is 2.22. The minimum Gasteiger partial charge on any atom is -0.375 e. The molecule has 0 aliphatic carbocycles. The molecule has 0 fully saturated rings. The van der Waals surface area contributed by atoms with Crippen molar-refractivity contribution in [3.8, 4) is 11.8 Å². The Bertz CT molecular complexity index is 1410. The SMILES string of the molecule is CCN(C)c1ccc(N=Nc2c(C#N)c(C)nn2-c2cc(S(=O)(=O)O)ccc2SOOO)c(C)c1. The maximum atomic E-state index is 11.7. The first-order valence-electron chi connectivity index (χ1n) is 10.1. The number of benzene rings is 2. The van der Waals surface area contributed by atoms with Crippen molar-refractivity contribution in [3.05, 3.63) is 53.2 Å². The van der Waals surface area contributed by atoms with Gasteiger partial charge in [0.05, 0.1) is 38.9 Å². The summed E-state index contributed by atoms with van der Waals surface area (Å²) in [4.78, 5) is 1.88. The Balaban J connectivity index is 2.16. The van der Waals surface area contributed by atoms with Gasteiger partial charge in [-0.2, -0.15) is 18.8 Å². The average molecular weight is 519 g/mol. The number of aryl methyl sites for hydroxylation is 2. The van der Waals surface area contributed by atoms with Gasteiger partial charge in [0, 0.05) is 19.3 Å². The molecule has 184 valence electrons. The van der Waals surface area contributed by atoms with Gasteiger partial charge >= 0.3 is 0 Å². The molecule has 0 atom stereocenters. The molecule has 0 unspecified atom stereocenters. The Labute approximate surface area is 206 Å². The maximum Gasteiger partial charge on any atom is 0.294 e. The van der Waals surface area contributed by atoms with Crippen LogP contribution in [0, 0.1) is 25.2 Å². The van der Waals surface area contributed by atoms with Gasteiger partial charge < -0.3 is 4.90 Å². The number of rotatable bonds is 9. The zero-order chi connectivity index (χ0) is 25.8. The van der Waals surface area contributed by atoms with E-state index in [1.807, 2.05) is 39.1 Å². The first-order chi connectivity index (χ1) is 16.6. The predicted octanol–water partition coefficient (Wildman–Crippen LogP) is 4.91. The number of hydrogen-bond donors (Lipinski definition) is 2. The Morgan fingerprint density at radius 1 is 1.23 bits per heavy atom. The normalized spacial score (nSPS) is 11.7. The van der Waals surface area contributed by atoms with Crippen LogP contribution in [0.25, 0.3) is 5.69 Å². The van der Waals surface area contributed by atoms with Crippen LogP contribution in [0.15, 0.2) is 56.4 Å². The molecule has 12 nitrogen and oxygen atoms in total. The van der Waals surface area contributed by atoms with Crippen molar-refractivity contribution in [1.29, 1.82) is 5.26 Å². The summed E-state index contributed by atoms with van der Waals surface area (Å²) in [6.07, 6.45) is 0. The van der Waals surface area contributed by atoms with Gasteiger partial charge in [-0.05, 0) is 62.7 Å². The molecule has 2 aromatic carbocycles. The van der Waals surface area contributed by atoms with Gasteiger partial charge in [-0.15, -0.1) is 14.6 Å². The highest BCUT2D eigenvalue weighted by atomic mass is 32.2. The summed E-state index contributed by atoms with van der Waals surface area (Å²) in [7, 11) is -2.59. The summed E-state index contributed by atoms with van der Waals surface area (Å²) in [6, 6.07) is 11.2. The Hall–Kier alpha value is -3.32. The van der Waals surface area contributed by atoms with E-state index in [0.717, 1.165) is 29.9 Å². The molecule has 0 saturated carbocycles. The van der Waals surface area contributed by atoms with E-state index < -0.39 is 15.0 Å². The van der Waals surface area contributed by atoms with Gasteiger partial charge in [-0.3, -0.25) is 4.55 Å². The van der Waals surface area contributed by atoms with Gasteiger partial charge in [0.25, 0.3) is 10.1 Å². The summed E-state index contributed by atoms with van der Waals surface area (Å²) in [6.45, 7) is 6.34. The van der Waals surface area contributed by atoms with E-state index in [1.54, 1.807) is 13.0 Å². The predicted molar refractivity (Wildman–Crippen MR) is 128 cm³/mol. The molecular formula is C21H22N6O6S2. The number of hydrogen-bond acceptors (Lipinski definition) is 11. The molecule has 3 aromatic rings. The third-order valence-electron chi connectivity index (χ3n) is 5.11. The minimum atomic E-state index is -4.56.